The Balaban J connectivity index is 1.32. The van der Waals surface area contributed by atoms with E-state index >= 15 is 8.78 Å². The number of halogens is 3. The highest BCUT2D eigenvalue weighted by atomic mass is 32.2. The van der Waals surface area contributed by atoms with E-state index in [9.17, 15) is 38.3 Å². The van der Waals surface area contributed by atoms with Crippen LogP contribution in [0.2, 0.25) is 0 Å². The maximum atomic E-state index is 15.5. The molecular formula is C41H47F3N6O7S. The van der Waals surface area contributed by atoms with E-state index in [2.05, 4.69) is 10.6 Å². The summed E-state index contributed by atoms with van der Waals surface area (Å²) < 4.78 is 47.0. The van der Waals surface area contributed by atoms with Gasteiger partial charge in [-0.15, -0.1) is 0 Å². The zero-order valence-electron chi connectivity index (χ0n) is 32.5. The van der Waals surface area contributed by atoms with Gasteiger partial charge in [0, 0.05) is 86.0 Å². The number of carbonyl (C=O) groups excluding carboxylic acids is 5. The highest BCUT2D eigenvalue weighted by Gasteiger charge is 2.42. The first-order valence-electron chi connectivity index (χ1n) is 18.8. The number of hydrogen-bond donors (Lipinski definition) is 3. The lowest BCUT2D eigenvalue weighted by atomic mass is 9.82. The average molecular weight is 825 g/mol. The first-order chi connectivity index (χ1) is 27.5. The minimum Gasteiger partial charge on any atom is -0.465 e. The van der Waals surface area contributed by atoms with Gasteiger partial charge < -0.3 is 30.1 Å². The summed E-state index contributed by atoms with van der Waals surface area (Å²) in [5, 5.41) is 14.8. The highest BCUT2D eigenvalue weighted by Crippen LogP contribution is 2.42. The van der Waals surface area contributed by atoms with Crippen molar-refractivity contribution in [3.8, 4) is 11.1 Å². The van der Waals surface area contributed by atoms with Gasteiger partial charge in [-0.3, -0.25) is 28.9 Å². The molecule has 58 heavy (non-hydrogen) atoms. The third-order valence-electron chi connectivity index (χ3n) is 9.83. The molecule has 5 rings (SSSR count). The summed E-state index contributed by atoms with van der Waals surface area (Å²) in [7, 11) is 0. The van der Waals surface area contributed by atoms with Crippen molar-refractivity contribution < 1.29 is 47.0 Å². The molecule has 0 saturated carbocycles. The lowest BCUT2D eigenvalue weighted by molar-refractivity contribution is -0.141. The fourth-order valence-corrected chi connectivity index (χ4v) is 7.88. The van der Waals surface area contributed by atoms with Crippen LogP contribution < -0.4 is 10.6 Å². The Hall–Kier alpha value is -5.58. The molecule has 0 unspecified atom stereocenters. The van der Waals surface area contributed by atoms with Gasteiger partial charge in [-0.05, 0) is 35.2 Å². The molecule has 0 bridgehead atoms. The number of amides is 6. The van der Waals surface area contributed by atoms with Crippen LogP contribution in [0, 0.1) is 23.0 Å². The van der Waals surface area contributed by atoms with Crippen molar-refractivity contribution >= 4 is 47.4 Å². The number of alkyl halides is 1. The predicted octanol–water partition coefficient (Wildman–Crippen LogP) is 4.63. The molecule has 2 aliphatic rings. The molecule has 3 aromatic rings. The molecule has 0 aliphatic carbocycles. The Morgan fingerprint density at radius 3 is 2.26 bits per heavy atom. The second-order valence-corrected chi connectivity index (χ2v) is 16.4. The second-order valence-electron chi connectivity index (χ2n) is 15.3. The fraction of sp³-hybridized carbons (Fsp3) is 0.415. The SMILES string of the molecule is CC(C)(C)[C@H](c1cc(-c2cc(F)ccc2F)cn1Cc1ccccc1)N(C[C@@H]1CN(C(=O)O)C[C@@H]1F)C(=O)CSCCC(=O)NCCNC(=O)CN1C(=O)C=CC1=O. The molecule has 13 nitrogen and oxygen atoms in total. The number of hydrogen-bond acceptors (Lipinski definition) is 7. The summed E-state index contributed by atoms with van der Waals surface area (Å²) in [6.07, 6.45) is 1.08. The normalized spacial score (nSPS) is 17.1. The van der Waals surface area contributed by atoms with E-state index in [0.717, 1.165) is 45.7 Å². The number of thioether (sulfide) groups is 1. The molecule has 0 spiro atoms. The molecule has 17 heteroatoms. The van der Waals surface area contributed by atoms with Crippen LogP contribution in [0.3, 0.4) is 0 Å². The Morgan fingerprint density at radius 2 is 1.62 bits per heavy atom. The maximum absolute atomic E-state index is 15.5. The molecule has 3 N–H and O–H groups in total. The molecular weight excluding hydrogens is 778 g/mol. The van der Waals surface area contributed by atoms with Gasteiger partial charge in [0.1, 0.15) is 24.4 Å². The summed E-state index contributed by atoms with van der Waals surface area (Å²) in [6.45, 7) is 5.15. The van der Waals surface area contributed by atoms with Gasteiger partial charge in [-0.2, -0.15) is 11.8 Å². The number of rotatable bonds is 17. The van der Waals surface area contributed by atoms with E-state index in [0.29, 0.717) is 17.8 Å². The average Bonchev–Trinajstić information content (AvgIpc) is 3.85. The summed E-state index contributed by atoms with van der Waals surface area (Å²) >= 11 is 1.19. The Labute approximate surface area is 338 Å². The van der Waals surface area contributed by atoms with Crippen molar-refractivity contribution in [2.24, 2.45) is 11.3 Å². The van der Waals surface area contributed by atoms with E-state index in [1.807, 2.05) is 55.7 Å². The minimum atomic E-state index is -1.54. The summed E-state index contributed by atoms with van der Waals surface area (Å²) in [5.74, 6) is -4.43. The third kappa shape index (κ3) is 11.3. The summed E-state index contributed by atoms with van der Waals surface area (Å²) in [4.78, 5) is 77.5. The van der Waals surface area contributed by atoms with Gasteiger partial charge in [-0.1, -0.05) is 51.1 Å². The molecule has 0 radical (unpaired) electrons. The van der Waals surface area contributed by atoms with Crippen molar-refractivity contribution in [1.82, 2.24) is 29.9 Å². The van der Waals surface area contributed by atoms with Gasteiger partial charge in [-0.25, -0.2) is 18.0 Å². The van der Waals surface area contributed by atoms with Gasteiger partial charge >= 0.3 is 6.09 Å². The van der Waals surface area contributed by atoms with E-state index in [1.165, 1.54) is 11.8 Å². The molecule has 3 heterocycles. The number of nitrogens with one attached hydrogen (secondary N) is 2. The molecule has 6 amide bonds. The van der Waals surface area contributed by atoms with E-state index in [1.54, 1.807) is 17.2 Å². The maximum Gasteiger partial charge on any atom is 0.407 e. The largest absolute Gasteiger partial charge is 0.465 e. The summed E-state index contributed by atoms with van der Waals surface area (Å²) in [5.41, 5.74) is 1.17. The number of likely N-dealkylation sites (tertiary alicyclic amines) is 1. The van der Waals surface area contributed by atoms with Crippen molar-refractivity contribution in [2.75, 3.05) is 50.8 Å². The first kappa shape index (κ1) is 43.5. The quantitative estimate of drug-likeness (QED) is 0.131. The van der Waals surface area contributed by atoms with Crippen molar-refractivity contribution in [2.45, 2.75) is 46.0 Å². The Bertz CT molecular complexity index is 2020. The third-order valence-corrected chi connectivity index (χ3v) is 10.8. The topological polar surface area (TPSA) is 161 Å². The number of benzene rings is 2. The van der Waals surface area contributed by atoms with Gasteiger partial charge in [0.15, 0.2) is 0 Å². The number of carboxylic acid groups (broad SMARTS) is 1. The predicted molar refractivity (Wildman–Crippen MR) is 211 cm³/mol. The van der Waals surface area contributed by atoms with E-state index in [-0.39, 0.29) is 68.0 Å². The molecule has 1 aromatic heterocycles. The first-order valence-corrected chi connectivity index (χ1v) is 19.9. The smallest absolute Gasteiger partial charge is 0.407 e. The Morgan fingerprint density at radius 1 is 0.948 bits per heavy atom. The number of carbonyl (C=O) groups is 6. The molecule has 2 aromatic carbocycles. The van der Waals surface area contributed by atoms with Gasteiger partial charge in [0.25, 0.3) is 11.8 Å². The molecule has 3 atom stereocenters. The van der Waals surface area contributed by atoms with Crippen LogP contribution in [0.25, 0.3) is 11.1 Å². The fourth-order valence-electron chi connectivity index (χ4n) is 7.06. The van der Waals surface area contributed by atoms with Crippen molar-refractivity contribution in [3.63, 3.8) is 0 Å². The van der Waals surface area contributed by atoms with Crippen molar-refractivity contribution in [1.29, 1.82) is 0 Å². The van der Waals surface area contributed by atoms with Crippen LogP contribution in [-0.4, -0.2) is 117 Å². The van der Waals surface area contributed by atoms with Crippen LogP contribution in [0.4, 0.5) is 18.0 Å². The number of imide groups is 1. The molecule has 310 valence electrons. The number of nitrogens with zero attached hydrogens (tertiary/aromatic N) is 4. The standard InChI is InChI=1S/C41H47F3N6O7S/c1-41(2,3)39(33-17-27(30-18-29(42)9-10-31(30)43)20-47(33)19-26-7-5-4-6-8-26)50(22-28-21-48(40(56)57)23-32(28)44)38(55)25-58-16-13-34(51)45-14-15-46-35(52)24-49-36(53)11-12-37(49)54/h4-12,17-18,20,28,32,39H,13-16,19,21-25H2,1-3H3,(H,45,51)(H,46,52)(H,56,57)/t28-,32-,39-/m0/s1. The minimum absolute atomic E-state index is 0.0270. The zero-order valence-corrected chi connectivity index (χ0v) is 33.3. The van der Waals surface area contributed by atoms with Gasteiger partial charge in [0.2, 0.25) is 17.7 Å². The lowest BCUT2D eigenvalue weighted by Gasteiger charge is -2.42. The molecule has 2 aliphatic heterocycles. The van der Waals surface area contributed by atoms with Crippen LogP contribution in [0.5, 0.6) is 0 Å². The van der Waals surface area contributed by atoms with Crippen molar-refractivity contribution in [3.05, 3.63) is 95.8 Å². The van der Waals surface area contributed by atoms with Gasteiger partial charge in [0.05, 0.1) is 18.3 Å². The van der Waals surface area contributed by atoms with E-state index in [4.69, 9.17) is 0 Å². The monoisotopic (exact) mass is 824 g/mol. The van der Waals surface area contributed by atoms with Crippen LogP contribution >= 0.6 is 11.8 Å². The Kier molecular flexibility index (Phi) is 14.4. The summed E-state index contributed by atoms with van der Waals surface area (Å²) in [6, 6.07) is 13.6. The highest BCUT2D eigenvalue weighted by molar-refractivity contribution is 7.99. The zero-order chi connectivity index (χ0) is 42.1. The second kappa shape index (κ2) is 19.2. The molecule has 1 fully saturated rings. The molecule has 1 saturated heterocycles. The lowest BCUT2D eigenvalue weighted by Crippen LogP contribution is -2.46. The van der Waals surface area contributed by atoms with Crippen LogP contribution in [0.1, 0.15) is 44.5 Å². The van der Waals surface area contributed by atoms with Crippen LogP contribution in [0.15, 0.2) is 72.9 Å². The van der Waals surface area contributed by atoms with Crippen LogP contribution in [-0.2, 0) is 30.5 Å². The van der Waals surface area contributed by atoms with E-state index < -0.39 is 65.5 Å². The number of aromatic nitrogens is 1.